The first-order chi connectivity index (χ1) is 13.5. The summed E-state index contributed by atoms with van der Waals surface area (Å²) in [5.74, 6) is -0.834. The van der Waals surface area contributed by atoms with Crippen molar-refractivity contribution < 1.29 is 19.1 Å². The van der Waals surface area contributed by atoms with Crippen molar-refractivity contribution in [3.05, 3.63) is 52.3 Å². The summed E-state index contributed by atoms with van der Waals surface area (Å²) in [5.41, 5.74) is 2.47. The van der Waals surface area contributed by atoms with Crippen molar-refractivity contribution in [2.45, 2.75) is 13.8 Å². The molecule has 1 N–H and O–H groups in total. The maximum absolute atomic E-state index is 12.7. The largest absolute Gasteiger partial charge is 0.462 e. The number of anilines is 2. The van der Waals surface area contributed by atoms with Gasteiger partial charge < -0.3 is 19.7 Å². The van der Waals surface area contributed by atoms with Crippen LogP contribution in [0.2, 0.25) is 5.02 Å². The first-order valence-electron chi connectivity index (χ1n) is 9.08. The Morgan fingerprint density at radius 2 is 2.00 bits per heavy atom. The third-order valence-electron chi connectivity index (χ3n) is 4.37. The van der Waals surface area contributed by atoms with Crippen LogP contribution in [-0.4, -0.2) is 49.8 Å². The smallest absolute Gasteiger partial charge is 0.339 e. The summed E-state index contributed by atoms with van der Waals surface area (Å²) in [5, 5.41) is 3.40. The van der Waals surface area contributed by atoms with Crippen molar-refractivity contribution in [1.29, 1.82) is 0 Å². The van der Waals surface area contributed by atoms with Gasteiger partial charge in [0.1, 0.15) is 5.69 Å². The number of esters is 1. The Kier molecular flexibility index (Phi) is 6.49. The molecule has 0 bridgehead atoms. The predicted molar refractivity (Wildman–Crippen MR) is 107 cm³/mol. The molecule has 1 aliphatic heterocycles. The van der Waals surface area contributed by atoms with Crippen molar-refractivity contribution in [2.75, 3.05) is 43.1 Å². The van der Waals surface area contributed by atoms with Crippen LogP contribution < -0.4 is 10.2 Å². The second kappa shape index (κ2) is 9.03. The molecule has 28 heavy (non-hydrogen) atoms. The number of aromatic nitrogens is 1. The van der Waals surface area contributed by atoms with E-state index in [1.54, 1.807) is 32.0 Å². The number of halogens is 1. The van der Waals surface area contributed by atoms with Gasteiger partial charge in [0, 0.05) is 18.1 Å². The molecule has 1 aromatic carbocycles. The number of ether oxygens (including phenoxy) is 2. The molecule has 0 radical (unpaired) electrons. The first-order valence-corrected chi connectivity index (χ1v) is 9.45. The molecule has 3 rings (SSSR count). The van der Waals surface area contributed by atoms with Gasteiger partial charge in [0.25, 0.3) is 5.91 Å². The monoisotopic (exact) mass is 403 g/mol. The van der Waals surface area contributed by atoms with E-state index in [1.165, 1.54) is 6.07 Å². The molecule has 1 fully saturated rings. The van der Waals surface area contributed by atoms with Crippen LogP contribution in [0.4, 0.5) is 11.4 Å². The molecule has 1 aromatic heterocycles. The van der Waals surface area contributed by atoms with Gasteiger partial charge in [0.15, 0.2) is 0 Å². The molecule has 7 nitrogen and oxygen atoms in total. The highest BCUT2D eigenvalue weighted by Gasteiger charge is 2.19. The zero-order chi connectivity index (χ0) is 20.1. The highest BCUT2D eigenvalue weighted by molar-refractivity contribution is 6.31. The number of pyridine rings is 1. The Balaban J connectivity index is 1.82. The minimum absolute atomic E-state index is 0.207. The van der Waals surface area contributed by atoms with E-state index in [4.69, 9.17) is 21.1 Å². The number of benzene rings is 1. The zero-order valence-corrected chi connectivity index (χ0v) is 16.6. The molecule has 0 spiro atoms. The number of amides is 1. The number of morpholine rings is 1. The van der Waals surface area contributed by atoms with Gasteiger partial charge in [-0.25, -0.2) is 9.78 Å². The van der Waals surface area contributed by atoms with Crippen molar-refractivity contribution in [1.82, 2.24) is 4.98 Å². The maximum Gasteiger partial charge on any atom is 0.339 e. The van der Waals surface area contributed by atoms with E-state index in [0.29, 0.717) is 35.2 Å². The molecular formula is C20H22ClN3O4. The van der Waals surface area contributed by atoms with Crippen molar-refractivity contribution in [2.24, 2.45) is 0 Å². The summed E-state index contributed by atoms with van der Waals surface area (Å²) < 4.78 is 10.4. The number of aryl methyl sites for hydroxylation is 1. The number of nitrogens with one attached hydrogen (secondary N) is 1. The second-order valence-corrected chi connectivity index (χ2v) is 6.70. The fourth-order valence-corrected chi connectivity index (χ4v) is 3.16. The second-order valence-electron chi connectivity index (χ2n) is 6.26. The average molecular weight is 404 g/mol. The molecule has 1 amide bonds. The molecule has 2 aromatic rings. The first kappa shape index (κ1) is 20.1. The van der Waals surface area contributed by atoms with Crippen LogP contribution in [0.25, 0.3) is 0 Å². The standard InChI is InChI=1S/C20H22ClN3O4/c1-3-28-20(26)15-5-6-16(22-13(15)2)19(25)23-17-12-14(21)4-7-18(17)24-8-10-27-11-9-24/h4-7,12H,3,8-11H2,1-2H3,(H,23,25). The van der Waals surface area contributed by atoms with Crippen LogP contribution in [0, 0.1) is 6.92 Å². The van der Waals surface area contributed by atoms with E-state index in [1.807, 2.05) is 6.07 Å². The Labute approximate surface area is 168 Å². The third kappa shape index (κ3) is 4.61. The highest BCUT2D eigenvalue weighted by atomic mass is 35.5. The third-order valence-corrected chi connectivity index (χ3v) is 4.61. The SMILES string of the molecule is CCOC(=O)c1ccc(C(=O)Nc2cc(Cl)ccc2N2CCOCC2)nc1C. The number of hydrogen-bond donors (Lipinski definition) is 1. The van der Waals surface area contributed by atoms with Gasteiger partial charge in [-0.15, -0.1) is 0 Å². The number of carbonyl (C=O) groups excluding carboxylic acids is 2. The number of carbonyl (C=O) groups is 2. The molecule has 1 saturated heterocycles. The van der Waals surface area contributed by atoms with Crippen LogP contribution in [-0.2, 0) is 9.47 Å². The fraction of sp³-hybridized carbons (Fsp3) is 0.350. The number of nitrogens with zero attached hydrogens (tertiary/aromatic N) is 2. The lowest BCUT2D eigenvalue weighted by molar-refractivity contribution is 0.0524. The van der Waals surface area contributed by atoms with E-state index >= 15 is 0 Å². The summed E-state index contributed by atoms with van der Waals surface area (Å²) in [6.07, 6.45) is 0. The lowest BCUT2D eigenvalue weighted by Crippen LogP contribution is -2.36. The summed E-state index contributed by atoms with van der Waals surface area (Å²) in [4.78, 5) is 31.0. The topological polar surface area (TPSA) is 80.8 Å². The van der Waals surface area contributed by atoms with Crippen molar-refractivity contribution in [3.63, 3.8) is 0 Å². The number of hydrogen-bond acceptors (Lipinski definition) is 6. The average Bonchev–Trinajstić information content (AvgIpc) is 2.68. The zero-order valence-electron chi connectivity index (χ0n) is 15.8. The Bertz CT molecular complexity index is 882. The highest BCUT2D eigenvalue weighted by Crippen LogP contribution is 2.30. The normalized spacial score (nSPS) is 13.9. The number of rotatable bonds is 5. The molecule has 0 atom stereocenters. The molecule has 0 aliphatic carbocycles. The quantitative estimate of drug-likeness (QED) is 0.771. The van der Waals surface area contributed by atoms with Crippen molar-refractivity contribution >= 4 is 34.9 Å². The van der Waals surface area contributed by atoms with E-state index in [0.717, 1.165) is 18.8 Å². The summed E-state index contributed by atoms with van der Waals surface area (Å²) in [7, 11) is 0. The van der Waals surface area contributed by atoms with Crippen LogP contribution in [0.5, 0.6) is 0 Å². The lowest BCUT2D eigenvalue weighted by Gasteiger charge is -2.30. The summed E-state index contributed by atoms with van der Waals surface area (Å²) >= 11 is 6.13. The van der Waals surface area contributed by atoms with E-state index < -0.39 is 5.97 Å². The van der Waals surface area contributed by atoms with Gasteiger partial charge in [0.2, 0.25) is 0 Å². The van der Waals surface area contributed by atoms with Gasteiger partial charge >= 0.3 is 5.97 Å². The van der Waals surface area contributed by atoms with Gasteiger partial charge in [-0.1, -0.05) is 11.6 Å². The molecule has 148 valence electrons. The molecular weight excluding hydrogens is 382 g/mol. The summed E-state index contributed by atoms with van der Waals surface area (Å²) in [6.45, 7) is 6.41. The van der Waals surface area contributed by atoms with Crippen LogP contribution in [0.3, 0.4) is 0 Å². The summed E-state index contributed by atoms with van der Waals surface area (Å²) in [6, 6.07) is 8.44. The van der Waals surface area contributed by atoms with Gasteiger partial charge in [0.05, 0.1) is 42.5 Å². The van der Waals surface area contributed by atoms with Crippen molar-refractivity contribution in [3.8, 4) is 0 Å². The molecule has 8 heteroatoms. The minimum atomic E-state index is -0.455. The Morgan fingerprint density at radius 3 is 2.68 bits per heavy atom. The Morgan fingerprint density at radius 1 is 1.25 bits per heavy atom. The van der Waals surface area contributed by atoms with Gasteiger partial charge in [-0.2, -0.15) is 0 Å². The minimum Gasteiger partial charge on any atom is -0.462 e. The predicted octanol–water partition coefficient (Wildman–Crippen LogP) is 3.31. The molecule has 1 aliphatic rings. The van der Waals surface area contributed by atoms with Crippen LogP contribution >= 0.6 is 11.6 Å². The molecule has 0 saturated carbocycles. The van der Waals surface area contributed by atoms with Crippen LogP contribution in [0.15, 0.2) is 30.3 Å². The van der Waals surface area contributed by atoms with E-state index in [2.05, 4.69) is 15.2 Å². The maximum atomic E-state index is 12.7. The molecule has 0 unspecified atom stereocenters. The van der Waals surface area contributed by atoms with E-state index in [-0.39, 0.29) is 18.2 Å². The van der Waals surface area contributed by atoms with Gasteiger partial charge in [-0.3, -0.25) is 4.79 Å². The molecule has 2 heterocycles. The Hall–Kier alpha value is -2.64. The van der Waals surface area contributed by atoms with Crippen LogP contribution in [0.1, 0.15) is 33.5 Å². The fourth-order valence-electron chi connectivity index (χ4n) is 2.99. The van der Waals surface area contributed by atoms with E-state index in [9.17, 15) is 9.59 Å². The lowest BCUT2D eigenvalue weighted by atomic mass is 10.1. The van der Waals surface area contributed by atoms with Gasteiger partial charge in [-0.05, 0) is 44.2 Å².